The molecule has 2 aromatic carbocycles. The fraction of sp³-hybridized carbons (Fsp3) is 0.320. The molecule has 0 saturated carbocycles. The molecule has 7 nitrogen and oxygen atoms in total. The van der Waals surface area contributed by atoms with Crippen LogP contribution in [0, 0.1) is 0 Å². The van der Waals surface area contributed by atoms with Gasteiger partial charge < -0.3 is 19.5 Å². The van der Waals surface area contributed by atoms with Crippen LogP contribution in [0.1, 0.15) is 25.3 Å². The molecule has 2 aliphatic heterocycles. The van der Waals surface area contributed by atoms with Gasteiger partial charge in [-0.15, -0.1) is 0 Å². The Morgan fingerprint density at radius 2 is 2.11 bits per heavy atom. The predicted molar refractivity (Wildman–Crippen MR) is 147 cm³/mol. The molecule has 11 heteroatoms. The van der Waals surface area contributed by atoms with Gasteiger partial charge in [0.05, 0.1) is 39.9 Å². The molecule has 0 unspecified atom stereocenters. The third kappa shape index (κ3) is 6.52. The van der Waals surface area contributed by atoms with E-state index in [0.717, 1.165) is 25.0 Å². The van der Waals surface area contributed by atoms with Crippen LogP contribution in [-0.4, -0.2) is 53.5 Å². The van der Waals surface area contributed by atoms with E-state index in [1.165, 1.54) is 11.8 Å². The van der Waals surface area contributed by atoms with Crippen LogP contribution in [-0.2, 0) is 14.3 Å². The number of halogens is 2. The summed E-state index contributed by atoms with van der Waals surface area (Å²) in [5.41, 5.74) is 1.15. The number of carbonyl (C=O) groups excluding carboxylic acids is 2. The van der Waals surface area contributed by atoms with E-state index in [-0.39, 0.29) is 23.6 Å². The number of nitrogens with one attached hydrogen (secondary N) is 1. The Balaban J connectivity index is 1.42. The highest BCUT2D eigenvalue weighted by molar-refractivity contribution is 8.26. The van der Waals surface area contributed by atoms with Crippen molar-refractivity contribution in [3.63, 3.8) is 0 Å². The van der Waals surface area contributed by atoms with Gasteiger partial charge in [-0.1, -0.05) is 59.3 Å². The van der Waals surface area contributed by atoms with Crippen LogP contribution >= 0.6 is 47.2 Å². The first-order chi connectivity index (χ1) is 17.4. The van der Waals surface area contributed by atoms with Gasteiger partial charge in [-0.25, -0.2) is 0 Å². The molecule has 2 aromatic rings. The van der Waals surface area contributed by atoms with Gasteiger partial charge in [-0.2, -0.15) is 0 Å². The standard InChI is InChI=1S/C25H24Cl2N2O5S2/c1-2-32-20-11-15(12-21-24(31)29(25(35)36-21)13-16-5-4-10-33-16)8-9-19(20)34-14-22(30)28-18-7-3-6-17(26)23(18)27/h3,6-9,11-12,16H,2,4-5,10,13-14H2,1H3,(H,28,30)/b21-12-/t16-/m1/s1. The van der Waals surface area contributed by atoms with Crippen LogP contribution in [0.4, 0.5) is 5.69 Å². The summed E-state index contributed by atoms with van der Waals surface area (Å²) in [7, 11) is 0. The summed E-state index contributed by atoms with van der Waals surface area (Å²) in [5, 5.41) is 3.27. The van der Waals surface area contributed by atoms with Gasteiger partial charge in [-0.05, 0) is 55.7 Å². The lowest BCUT2D eigenvalue weighted by Gasteiger charge is -2.18. The molecule has 2 aliphatic rings. The third-order valence-electron chi connectivity index (χ3n) is 5.43. The zero-order valence-electron chi connectivity index (χ0n) is 19.4. The van der Waals surface area contributed by atoms with E-state index in [0.29, 0.717) is 44.6 Å². The number of anilines is 1. The minimum atomic E-state index is -0.402. The summed E-state index contributed by atoms with van der Waals surface area (Å²) in [6, 6.07) is 10.2. The van der Waals surface area contributed by atoms with E-state index < -0.39 is 5.91 Å². The lowest BCUT2D eigenvalue weighted by Crippen LogP contribution is -2.35. The molecule has 0 radical (unpaired) electrons. The number of thiocarbonyl (C=S) groups is 1. The van der Waals surface area contributed by atoms with Gasteiger partial charge in [0.15, 0.2) is 18.1 Å². The number of hydrogen-bond donors (Lipinski definition) is 1. The molecule has 36 heavy (non-hydrogen) atoms. The van der Waals surface area contributed by atoms with Crippen molar-refractivity contribution in [3.05, 3.63) is 56.9 Å². The van der Waals surface area contributed by atoms with E-state index in [4.69, 9.17) is 49.6 Å². The molecule has 0 aromatic heterocycles. The highest BCUT2D eigenvalue weighted by Crippen LogP contribution is 2.36. The summed E-state index contributed by atoms with van der Waals surface area (Å²) in [4.78, 5) is 27.5. The third-order valence-corrected chi connectivity index (χ3v) is 7.63. The monoisotopic (exact) mass is 566 g/mol. The zero-order chi connectivity index (χ0) is 25.7. The van der Waals surface area contributed by atoms with Crippen molar-refractivity contribution in [1.29, 1.82) is 0 Å². The summed E-state index contributed by atoms with van der Waals surface area (Å²) in [5.74, 6) is 0.317. The first-order valence-corrected chi connectivity index (χ1v) is 13.3. The second kappa shape index (κ2) is 12.3. The van der Waals surface area contributed by atoms with Crippen molar-refractivity contribution in [2.75, 3.05) is 31.7 Å². The Labute approximate surface area is 229 Å². The van der Waals surface area contributed by atoms with Crippen molar-refractivity contribution in [3.8, 4) is 11.5 Å². The van der Waals surface area contributed by atoms with Crippen molar-refractivity contribution in [2.45, 2.75) is 25.9 Å². The largest absolute Gasteiger partial charge is 0.490 e. The number of hydrogen-bond acceptors (Lipinski definition) is 7. The fourth-order valence-corrected chi connectivity index (χ4v) is 5.36. The average molecular weight is 568 g/mol. The molecule has 1 atom stereocenters. The number of amides is 2. The van der Waals surface area contributed by atoms with Gasteiger partial charge in [0, 0.05) is 6.61 Å². The van der Waals surface area contributed by atoms with Gasteiger partial charge >= 0.3 is 0 Å². The fourth-order valence-electron chi connectivity index (χ4n) is 3.73. The number of thioether (sulfide) groups is 1. The second-order valence-corrected chi connectivity index (χ2v) is 10.5. The number of carbonyl (C=O) groups is 2. The molecule has 190 valence electrons. The number of ether oxygens (including phenoxy) is 3. The van der Waals surface area contributed by atoms with E-state index in [2.05, 4.69) is 5.32 Å². The van der Waals surface area contributed by atoms with Crippen LogP contribution in [0.3, 0.4) is 0 Å². The van der Waals surface area contributed by atoms with Crippen LogP contribution < -0.4 is 14.8 Å². The Morgan fingerprint density at radius 3 is 2.86 bits per heavy atom. The molecule has 2 fully saturated rings. The molecule has 2 heterocycles. The lowest BCUT2D eigenvalue weighted by molar-refractivity contribution is -0.123. The van der Waals surface area contributed by atoms with Crippen LogP contribution in [0.15, 0.2) is 41.3 Å². The summed E-state index contributed by atoms with van der Waals surface area (Å²) >= 11 is 18.8. The molecule has 0 spiro atoms. The second-order valence-electron chi connectivity index (χ2n) is 8.00. The maximum atomic E-state index is 12.9. The molecule has 0 bridgehead atoms. The predicted octanol–water partition coefficient (Wildman–Crippen LogP) is 5.79. The van der Waals surface area contributed by atoms with Gasteiger partial charge in [0.1, 0.15) is 4.32 Å². The van der Waals surface area contributed by atoms with Crippen molar-refractivity contribution >= 4 is 75.1 Å². The molecular weight excluding hydrogens is 543 g/mol. The van der Waals surface area contributed by atoms with Crippen LogP contribution in [0.2, 0.25) is 10.0 Å². The minimum absolute atomic E-state index is 0.0277. The molecular formula is C25H24Cl2N2O5S2. The van der Waals surface area contributed by atoms with E-state index in [1.807, 2.05) is 6.92 Å². The van der Waals surface area contributed by atoms with E-state index in [9.17, 15) is 9.59 Å². The average Bonchev–Trinajstić information content (AvgIpc) is 3.46. The smallest absolute Gasteiger partial charge is 0.266 e. The van der Waals surface area contributed by atoms with Crippen LogP contribution in [0.25, 0.3) is 6.08 Å². The van der Waals surface area contributed by atoms with Gasteiger partial charge in [-0.3, -0.25) is 14.5 Å². The SMILES string of the molecule is CCOc1cc(/C=C2\SC(=S)N(C[C@H]3CCCO3)C2=O)ccc1OCC(=O)Nc1cccc(Cl)c1Cl. The molecule has 2 saturated heterocycles. The maximum absolute atomic E-state index is 12.9. The molecule has 0 aliphatic carbocycles. The number of benzene rings is 2. The van der Waals surface area contributed by atoms with Crippen LogP contribution in [0.5, 0.6) is 11.5 Å². The summed E-state index contributed by atoms with van der Waals surface area (Å²) < 4.78 is 17.6. The van der Waals surface area contributed by atoms with Crippen molar-refractivity contribution in [1.82, 2.24) is 4.90 Å². The van der Waals surface area contributed by atoms with Gasteiger partial charge in [0.2, 0.25) is 0 Å². The molecule has 4 rings (SSSR count). The summed E-state index contributed by atoms with van der Waals surface area (Å²) in [6.45, 7) is 3.18. The highest BCUT2D eigenvalue weighted by atomic mass is 35.5. The molecule has 2 amide bonds. The maximum Gasteiger partial charge on any atom is 0.266 e. The lowest BCUT2D eigenvalue weighted by atomic mass is 10.1. The Morgan fingerprint density at radius 1 is 1.28 bits per heavy atom. The zero-order valence-corrected chi connectivity index (χ0v) is 22.6. The van der Waals surface area contributed by atoms with Crippen molar-refractivity contribution in [2.24, 2.45) is 0 Å². The number of rotatable bonds is 9. The number of nitrogens with zero attached hydrogens (tertiary/aromatic N) is 1. The first kappa shape index (κ1) is 26.8. The Kier molecular flexibility index (Phi) is 9.14. The Bertz CT molecular complexity index is 1200. The normalized spacial score (nSPS) is 18.7. The first-order valence-electron chi connectivity index (χ1n) is 11.4. The highest BCUT2D eigenvalue weighted by Gasteiger charge is 2.34. The topological polar surface area (TPSA) is 77.1 Å². The minimum Gasteiger partial charge on any atom is -0.490 e. The van der Waals surface area contributed by atoms with E-state index >= 15 is 0 Å². The van der Waals surface area contributed by atoms with E-state index in [1.54, 1.807) is 47.4 Å². The summed E-state index contributed by atoms with van der Waals surface area (Å²) in [6.07, 6.45) is 3.73. The quantitative estimate of drug-likeness (QED) is 0.304. The molecule has 1 N–H and O–H groups in total. The van der Waals surface area contributed by atoms with Gasteiger partial charge in [0.25, 0.3) is 11.8 Å². The van der Waals surface area contributed by atoms with Crippen molar-refractivity contribution < 1.29 is 23.8 Å². The Hall–Kier alpha value is -2.30.